The van der Waals surface area contributed by atoms with Gasteiger partial charge in [0, 0.05) is 30.1 Å². The van der Waals surface area contributed by atoms with Crippen molar-refractivity contribution in [3.05, 3.63) is 66.4 Å². The molecule has 0 saturated carbocycles. The second-order valence-electron chi connectivity index (χ2n) is 7.32. The van der Waals surface area contributed by atoms with E-state index in [2.05, 4.69) is 30.8 Å². The first-order valence-corrected chi connectivity index (χ1v) is 10.1. The van der Waals surface area contributed by atoms with Crippen LogP contribution in [-0.2, 0) is 0 Å². The van der Waals surface area contributed by atoms with Crippen molar-refractivity contribution < 1.29 is 9.53 Å². The van der Waals surface area contributed by atoms with Gasteiger partial charge in [-0.15, -0.1) is 0 Å². The molecule has 0 unspecified atom stereocenters. The number of carbonyl (C=O) groups is 1. The number of anilines is 3. The zero-order valence-corrected chi connectivity index (χ0v) is 18.1. The fourth-order valence-electron chi connectivity index (χ4n) is 2.85. The third-order valence-electron chi connectivity index (χ3n) is 4.24. The van der Waals surface area contributed by atoms with Crippen LogP contribution in [0.25, 0.3) is 0 Å². The molecule has 8 heteroatoms. The Bertz CT molecular complexity index is 994. The van der Waals surface area contributed by atoms with E-state index in [1.165, 1.54) is 0 Å². The standard InChI is InChI=1S/C23H28N6O2/c1-17-15-21(24-13-8-14-29(2)3)27-22(25-17)28-23(30)26-18-9-7-12-20(16-18)31-19-10-5-4-6-11-19/h4-7,9-12,15-16H,8,13-14H2,1-3H3,(H3,24,25,26,27,28,30). The molecule has 0 spiro atoms. The highest BCUT2D eigenvalue weighted by Crippen LogP contribution is 2.24. The average molecular weight is 421 g/mol. The molecular weight excluding hydrogens is 392 g/mol. The molecule has 8 nitrogen and oxygen atoms in total. The maximum Gasteiger partial charge on any atom is 0.326 e. The molecule has 0 aliphatic rings. The summed E-state index contributed by atoms with van der Waals surface area (Å²) in [5, 5.41) is 8.74. The Kier molecular flexibility index (Phi) is 7.78. The van der Waals surface area contributed by atoms with Gasteiger partial charge in [0.05, 0.1) is 0 Å². The number of hydrogen-bond acceptors (Lipinski definition) is 6. The third kappa shape index (κ3) is 7.60. The second kappa shape index (κ2) is 10.9. The lowest BCUT2D eigenvalue weighted by Gasteiger charge is -2.12. The van der Waals surface area contributed by atoms with E-state index in [0.717, 1.165) is 31.0 Å². The first kappa shape index (κ1) is 22.0. The van der Waals surface area contributed by atoms with Crippen LogP contribution in [0.4, 0.5) is 22.2 Å². The van der Waals surface area contributed by atoms with Gasteiger partial charge in [-0.2, -0.15) is 4.98 Å². The van der Waals surface area contributed by atoms with Gasteiger partial charge >= 0.3 is 6.03 Å². The predicted molar refractivity (Wildman–Crippen MR) is 124 cm³/mol. The zero-order chi connectivity index (χ0) is 22.1. The van der Waals surface area contributed by atoms with Gasteiger partial charge in [-0.3, -0.25) is 5.32 Å². The van der Waals surface area contributed by atoms with Crippen molar-refractivity contribution in [1.29, 1.82) is 0 Å². The Hall–Kier alpha value is -3.65. The molecule has 0 aliphatic carbocycles. The van der Waals surface area contributed by atoms with E-state index in [1.54, 1.807) is 12.1 Å². The van der Waals surface area contributed by atoms with Crippen molar-refractivity contribution in [2.75, 3.05) is 43.1 Å². The van der Waals surface area contributed by atoms with Gasteiger partial charge in [-0.05, 0) is 58.3 Å². The highest BCUT2D eigenvalue weighted by atomic mass is 16.5. The minimum Gasteiger partial charge on any atom is -0.457 e. The summed E-state index contributed by atoms with van der Waals surface area (Å²) in [5.74, 6) is 2.27. The number of hydrogen-bond donors (Lipinski definition) is 3. The fourth-order valence-corrected chi connectivity index (χ4v) is 2.85. The van der Waals surface area contributed by atoms with Crippen LogP contribution >= 0.6 is 0 Å². The van der Waals surface area contributed by atoms with Crippen LogP contribution in [0.5, 0.6) is 11.5 Å². The first-order chi connectivity index (χ1) is 15.0. The van der Waals surface area contributed by atoms with Crippen molar-refractivity contribution in [3.63, 3.8) is 0 Å². The molecule has 3 N–H and O–H groups in total. The molecule has 2 aromatic carbocycles. The summed E-state index contributed by atoms with van der Waals surface area (Å²) in [6.07, 6.45) is 0.987. The van der Waals surface area contributed by atoms with E-state index in [0.29, 0.717) is 17.3 Å². The maximum absolute atomic E-state index is 12.4. The topological polar surface area (TPSA) is 91.4 Å². The van der Waals surface area contributed by atoms with Crippen LogP contribution in [0, 0.1) is 6.92 Å². The zero-order valence-electron chi connectivity index (χ0n) is 18.1. The molecule has 0 saturated heterocycles. The number of amides is 2. The van der Waals surface area contributed by atoms with Crippen LogP contribution in [0.3, 0.4) is 0 Å². The Balaban J connectivity index is 1.57. The van der Waals surface area contributed by atoms with Crippen LogP contribution in [-0.4, -0.2) is 48.1 Å². The molecule has 0 aliphatic heterocycles. The van der Waals surface area contributed by atoms with E-state index in [9.17, 15) is 4.79 Å². The van der Waals surface area contributed by atoms with Crippen LogP contribution < -0.4 is 20.7 Å². The summed E-state index contributed by atoms with van der Waals surface area (Å²) < 4.78 is 5.80. The Morgan fingerprint density at radius 1 is 0.968 bits per heavy atom. The molecule has 0 bridgehead atoms. The number of carbonyl (C=O) groups excluding carboxylic acids is 1. The molecule has 0 atom stereocenters. The Labute approximate surface area is 182 Å². The largest absolute Gasteiger partial charge is 0.457 e. The summed E-state index contributed by atoms with van der Waals surface area (Å²) >= 11 is 0. The van der Waals surface area contributed by atoms with Gasteiger partial charge in [-0.25, -0.2) is 9.78 Å². The molecule has 0 fully saturated rings. The summed E-state index contributed by atoms with van der Waals surface area (Å²) in [6, 6.07) is 18.1. The number of urea groups is 1. The van der Waals surface area contributed by atoms with Crippen molar-refractivity contribution in [2.24, 2.45) is 0 Å². The summed E-state index contributed by atoms with van der Waals surface area (Å²) in [7, 11) is 4.08. The molecule has 2 amide bonds. The highest BCUT2D eigenvalue weighted by Gasteiger charge is 2.08. The number of benzene rings is 2. The number of rotatable bonds is 9. The molecule has 0 radical (unpaired) electrons. The van der Waals surface area contributed by atoms with Gasteiger partial charge in [0.2, 0.25) is 5.95 Å². The normalized spacial score (nSPS) is 10.6. The molecule has 162 valence electrons. The fraction of sp³-hybridized carbons (Fsp3) is 0.261. The number of nitrogens with one attached hydrogen (secondary N) is 3. The molecule has 31 heavy (non-hydrogen) atoms. The van der Waals surface area contributed by atoms with Gasteiger partial charge in [0.25, 0.3) is 0 Å². The first-order valence-electron chi connectivity index (χ1n) is 10.1. The van der Waals surface area contributed by atoms with Gasteiger partial charge in [-0.1, -0.05) is 24.3 Å². The third-order valence-corrected chi connectivity index (χ3v) is 4.24. The van der Waals surface area contributed by atoms with E-state index in [4.69, 9.17) is 4.74 Å². The van der Waals surface area contributed by atoms with Crippen molar-refractivity contribution in [1.82, 2.24) is 14.9 Å². The molecule has 1 aromatic heterocycles. The van der Waals surface area contributed by atoms with Crippen LogP contribution in [0.15, 0.2) is 60.7 Å². The predicted octanol–water partition coefficient (Wildman–Crippen LogP) is 4.58. The van der Waals surface area contributed by atoms with Gasteiger partial charge in [0.15, 0.2) is 0 Å². The average Bonchev–Trinajstić information content (AvgIpc) is 2.71. The Morgan fingerprint density at radius 2 is 1.74 bits per heavy atom. The minimum absolute atomic E-state index is 0.240. The summed E-state index contributed by atoms with van der Waals surface area (Å²) in [4.78, 5) is 23.2. The number of para-hydroxylation sites is 1. The molecule has 3 rings (SSSR count). The SMILES string of the molecule is Cc1cc(NCCCN(C)C)nc(NC(=O)Nc2cccc(Oc3ccccc3)c2)n1. The lowest BCUT2D eigenvalue weighted by molar-refractivity contribution is 0.262. The number of aryl methyl sites for hydroxylation is 1. The minimum atomic E-state index is -0.430. The van der Waals surface area contributed by atoms with Crippen molar-refractivity contribution in [2.45, 2.75) is 13.3 Å². The van der Waals surface area contributed by atoms with E-state index in [1.807, 2.05) is 69.6 Å². The smallest absolute Gasteiger partial charge is 0.326 e. The molecule has 3 aromatic rings. The number of nitrogens with zero attached hydrogens (tertiary/aromatic N) is 3. The lowest BCUT2D eigenvalue weighted by Crippen LogP contribution is -2.21. The summed E-state index contributed by atoms with van der Waals surface area (Å²) in [6.45, 7) is 3.63. The van der Waals surface area contributed by atoms with E-state index in [-0.39, 0.29) is 5.95 Å². The van der Waals surface area contributed by atoms with E-state index >= 15 is 0 Å². The summed E-state index contributed by atoms with van der Waals surface area (Å²) in [5.41, 5.74) is 1.36. The van der Waals surface area contributed by atoms with E-state index < -0.39 is 6.03 Å². The number of ether oxygens (including phenoxy) is 1. The van der Waals surface area contributed by atoms with Gasteiger partial charge in [0.1, 0.15) is 17.3 Å². The van der Waals surface area contributed by atoms with Crippen molar-refractivity contribution >= 4 is 23.5 Å². The maximum atomic E-state index is 12.4. The quantitative estimate of drug-likeness (QED) is 0.439. The lowest BCUT2D eigenvalue weighted by atomic mass is 10.3. The van der Waals surface area contributed by atoms with Crippen LogP contribution in [0.2, 0.25) is 0 Å². The Morgan fingerprint density at radius 3 is 2.52 bits per heavy atom. The monoisotopic (exact) mass is 420 g/mol. The second-order valence-corrected chi connectivity index (χ2v) is 7.32. The number of aromatic nitrogens is 2. The van der Waals surface area contributed by atoms with Gasteiger partial charge < -0.3 is 20.3 Å². The van der Waals surface area contributed by atoms with Crippen molar-refractivity contribution in [3.8, 4) is 11.5 Å². The molecule has 1 heterocycles. The highest BCUT2D eigenvalue weighted by molar-refractivity contribution is 5.98. The molecular formula is C23H28N6O2. The van der Waals surface area contributed by atoms with Crippen LogP contribution in [0.1, 0.15) is 12.1 Å².